The molecule has 0 bridgehead atoms. The zero-order chi connectivity index (χ0) is 24.9. The standard InChI is InChI=1S/C22H25F3N6O3/c1-12(2)19(21(33)29-11-22(23,24)25)31-14-4-13(6-26-7-14)17-9-28-20-16(17)5-15(8-27-20)30-18(32)10-34-3/h4-9,12,19,31H,10-11H2,1-3H3,(H,27,28)(H,29,33)(H,30,32). The van der Waals surface area contributed by atoms with Crippen LogP contribution in [0.4, 0.5) is 24.5 Å². The van der Waals surface area contributed by atoms with Crippen molar-refractivity contribution in [2.24, 2.45) is 5.92 Å². The molecule has 0 saturated carbocycles. The molecule has 9 nitrogen and oxygen atoms in total. The molecule has 3 rings (SSSR count). The van der Waals surface area contributed by atoms with Crippen molar-refractivity contribution in [3.8, 4) is 11.1 Å². The molecule has 4 N–H and O–H groups in total. The van der Waals surface area contributed by atoms with Gasteiger partial charge in [-0.1, -0.05) is 13.8 Å². The number of ether oxygens (including phenoxy) is 1. The van der Waals surface area contributed by atoms with Crippen LogP contribution in [-0.2, 0) is 14.3 Å². The molecule has 2 amide bonds. The Morgan fingerprint density at radius 3 is 2.59 bits per heavy atom. The Morgan fingerprint density at radius 1 is 1.15 bits per heavy atom. The van der Waals surface area contributed by atoms with Crippen molar-refractivity contribution in [2.75, 3.05) is 30.9 Å². The fourth-order valence-corrected chi connectivity index (χ4v) is 3.32. The lowest BCUT2D eigenvalue weighted by atomic mass is 10.0. The van der Waals surface area contributed by atoms with E-state index in [1.54, 1.807) is 38.4 Å². The third-order valence-corrected chi connectivity index (χ3v) is 4.87. The van der Waals surface area contributed by atoms with Crippen LogP contribution >= 0.6 is 0 Å². The maximum Gasteiger partial charge on any atom is 0.405 e. The number of halogens is 3. The van der Waals surface area contributed by atoms with Gasteiger partial charge < -0.3 is 25.7 Å². The summed E-state index contributed by atoms with van der Waals surface area (Å²) < 4.78 is 42.3. The summed E-state index contributed by atoms with van der Waals surface area (Å²) in [4.78, 5) is 35.7. The first kappa shape index (κ1) is 25.0. The highest BCUT2D eigenvalue weighted by Gasteiger charge is 2.30. The van der Waals surface area contributed by atoms with Gasteiger partial charge in [0.2, 0.25) is 11.8 Å². The van der Waals surface area contributed by atoms with Gasteiger partial charge in [0.1, 0.15) is 24.8 Å². The van der Waals surface area contributed by atoms with E-state index in [9.17, 15) is 22.8 Å². The molecule has 182 valence electrons. The molecule has 0 spiro atoms. The summed E-state index contributed by atoms with van der Waals surface area (Å²) in [5.41, 5.74) is 2.95. The van der Waals surface area contributed by atoms with Gasteiger partial charge in [-0.15, -0.1) is 0 Å². The lowest BCUT2D eigenvalue weighted by Gasteiger charge is -2.23. The fourth-order valence-electron chi connectivity index (χ4n) is 3.32. The Labute approximate surface area is 193 Å². The summed E-state index contributed by atoms with van der Waals surface area (Å²) in [7, 11) is 1.42. The lowest BCUT2D eigenvalue weighted by Crippen LogP contribution is -2.46. The molecule has 0 fully saturated rings. The average molecular weight is 478 g/mol. The summed E-state index contributed by atoms with van der Waals surface area (Å²) in [6.45, 7) is 1.96. The first-order chi connectivity index (χ1) is 16.1. The number of methoxy groups -OCH3 is 1. The molecule has 0 aliphatic heterocycles. The monoisotopic (exact) mass is 478 g/mol. The van der Waals surface area contributed by atoms with E-state index in [2.05, 4.69) is 25.6 Å². The van der Waals surface area contributed by atoms with Crippen LogP contribution in [0.25, 0.3) is 22.2 Å². The van der Waals surface area contributed by atoms with Gasteiger partial charge in [-0.25, -0.2) is 4.98 Å². The molecule has 0 radical (unpaired) electrons. The number of fused-ring (bicyclic) bond motifs is 1. The van der Waals surface area contributed by atoms with E-state index in [1.165, 1.54) is 19.5 Å². The minimum atomic E-state index is -4.50. The molecule has 3 aromatic rings. The van der Waals surface area contributed by atoms with Gasteiger partial charge in [0.05, 0.1) is 17.6 Å². The van der Waals surface area contributed by atoms with E-state index < -0.39 is 24.7 Å². The molecular weight excluding hydrogens is 453 g/mol. The van der Waals surface area contributed by atoms with Gasteiger partial charge >= 0.3 is 6.18 Å². The van der Waals surface area contributed by atoms with Crippen molar-refractivity contribution in [1.29, 1.82) is 0 Å². The minimum absolute atomic E-state index is 0.0940. The number of amides is 2. The molecule has 1 unspecified atom stereocenters. The van der Waals surface area contributed by atoms with Crippen LogP contribution in [0.2, 0.25) is 0 Å². The zero-order valence-corrected chi connectivity index (χ0v) is 18.8. The van der Waals surface area contributed by atoms with Gasteiger partial charge in [0, 0.05) is 42.2 Å². The van der Waals surface area contributed by atoms with Gasteiger partial charge in [-0.05, 0) is 18.1 Å². The van der Waals surface area contributed by atoms with E-state index in [4.69, 9.17) is 4.74 Å². The Morgan fingerprint density at radius 2 is 1.91 bits per heavy atom. The SMILES string of the molecule is COCC(=O)Nc1cnc2[nH]cc(-c3cncc(NC(C(=O)NCC(F)(F)F)C(C)C)c3)c2c1. The number of anilines is 2. The molecule has 3 aromatic heterocycles. The number of nitrogens with zero attached hydrogens (tertiary/aromatic N) is 2. The number of carbonyl (C=O) groups is 2. The largest absolute Gasteiger partial charge is 0.405 e. The average Bonchev–Trinajstić information content (AvgIpc) is 3.19. The van der Waals surface area contributed by atoms with Crippen molar-refractivity contribution >= 4 is 34.2 Å². The van der Waals surface area contributed by atoms with Crippen molar-refractivity contribution in [1.82, 2.24) is 20.3 Å². The number of H-pyrrole nitrogens is 1. The second kappa shape index (κ2) is 10.5. The van der Waals surface area contributed by atoms with Crippen LogP contribution in [-0.4, -0.2) is 59.2 Å². The number of nitrogens with one attached hydrogen (secondary N) is 4. The Kier molecular flexibility index (Phi) is 7.72. The smallest absolute Gasteiger partial charge is 0.375 e. The lowest BCUT2D eigenvalue weighted by molar-refractivity contribution is -0.139. The number of hydrogen-bond donors (Lipinski definition) is 4. The van der Waals surface area contributed by atoms with Crippen LogP contribution in [0, 0.1) is 5.92 Å². The van der Waals surface area contributed by atoms with Crippen LogP contribution in [0.1, 0.15) is 13.8 Å². The highest BCUT2D eigenvalue weighted by atomic mass is 19.4. The van der Waals surface area contributed by atoms with Crippen molar-refractivity contribution in [3.05, 3.63) is 36.9 Å². The number of aromatic nitrogens is 3. The number of hydrogen-bond acceptors (Lipinski definition) is 6. The van der Waals surface area contributed by atoms with Crippen LogP contribution in [0.5, 0.6) is 0 Å². The quantitative estimate of drug-likeness (QED) is 0.374. The minimum Gasteiger partial charge on any atom is -0.375 e. The Bertz CT molecular complexity index is 1160. The summed E-state index contributed by atoms with van der Waals surface area (Å²) >= 11 is 0. The molecular formula is C22H25F3N6O3. The van der Waals surface area contributed by atoms with Crippen LogP contribution < -0.4 is 16.0 Å². The van der Waals surface area contributed by atoms with Crippen LogP contribution in [0.3, 0.4) is 0 Å². The molecule has 3 heterocycles. The predicted molar refractivity (Wildman–Crippen MR) is 121 cm³/mol. The molecule has 0 aromatic carbocycles. The third kappa shape index (κ3) is 6.44. The molecule has 34 heavy (non-hydrogen) atoms. The Balaban J connectivity index is 1.84. The van der Waals surface area contributed by atoms with Crippen LogP contribution in [0.15, 0.2) is 36.9 Å². The molecule has 0 saturated heterocycles. The van der Waals surface area contributed by atoms with Crippen molar-refractivity contribution in [2.45, 2.75) is 26.1 Å². The van der Waals surface area contributed by atoms with Gasteiger partial charge in [0.15, 0.2) is 0 Å². The number of rotatable bonds is 9. The van der Waals surface area contributed by atoms with E-state index in [0.29, 0.717) is 22.6 Å². The van der Waals surface area contributed by atoms with Gasteiger partial charge in [-0.3, -0.25) is 14.6 Å². The summed E-state index contributed by atoms with van der Waals surface area (Å²) in [6.07, 6.45) is 1.84. The van der Waals surface area contributed by atoms with E-state index >= 15 is 0 Å². The van der Waals surface area contributed by atoms with E-state index in [-0.39, 0.29) is 18.4 Å². The summed E-state index contributed by atoms with van der Waals surface area (Å²) in [5.74, 6) is -1.37. The third-order valence-electron chi connectivity index (χ3n) is 4.87. The van der Waals surface area contributed by atoms with E-state index in [1.807, 2.05) is 5.32 Å². The Hall–Kier alpha value is -3.67. The number of pyridine rings is 2. The fraction of sp³-hybridized carbons (Fsp3) is 0.364. The molecule has 0 aliphatic carbocycles. The summed E-state index contributed by atoms with van der Waals surface area (Å²) in [6, 6.07) is 2.59. The van der Waals surface area contributed by atoms with Gasteiger partial charge in [-0.2, -0.15) is 13.2 Å². The topological polar surface area (TPSA) is 121 Å². The number of carbonyl (C=O) groups excluding carboxylic acids is 2. The van der Waals surface area contributed by atoms with Crippen molar-refractivity contribution < 1.29 is 27.5 Å². The second-order valence-electron chi connectivity index (χ2n) is 7.96. The van der Waals surface area contributed by atoms with E-state index in [0.717, 1.165) is 10.9 Å². The normalized spacial score (nSPS) is 12.6. The first-order valence-electron chi connectivity index (χ1n) is 10.4. The highest BCUT2D eigenvalue weighted by molar-refractivity contribution is 5.98. The zero-order valence-electron chi connectivity index (χ0n) is 18.8. The maximum absolute atomic E-state index is 12.5. The number of alkyl halides is 3. The predicted octanol–water partition coefficient (Wildman–Crippen LogP) is 3.32. The first-order valence-corrected chi connectivity index (χ1v) is 10.4. The number of aromatic amines is 1. The highest BCUT2D eigenvalue weighted by Crippen LogP contribution is 2.30. The molecule has 1 atom stereocenters. The second-order valence-corrected chi connectivity index (χ2v) is 7.96. The summed E-state index contributed by atoms with van der Waals surface area (Å²) in [5, 5.41) is 8.31. The maximum atomic E-state index is 12.5. The van der Waals surface area contributed by atoms with Crippen molar-refractivity contribution in [3.63, 3.8) is 0 Å². The molecule has 12 heteroatoms. The van der Waals surface area contributed by atoms with Gasteiger partial charge in [0.25, 0.3) is 0 Å². The molecule has 0 aliphatic rings.